The van der Waals surface area contributed by atoms with Crippen molar-refractivity contribution in [3.05, 3.63) is 65.2 Å². The molecule has 2 rings (SSSR count). The molecule has 0 spiro atoms. The van der Waals surface area contributed by atoms with Gasteiger partial charge in [-0.25, -0.2) is 5.90 Å². The highest BCUT2D eigenvalue weighted by Gasteiger charge is 2.00. The van der Waals surface area contributed by atoms with Gasteiger partial charge in [-0.05, 0) is 41.2 Å². The molecular formula is C18H23NO2. The normalized spacial score (nSPS) is 10.9. The molecule has 3 heteroatoms. The Hall–Kier alpha value is -1.84. The topological polar surface area (TPSA) is 44.5 Å². The molecule has 0 amide bonds. The van der Waals surface area contributed by atoms with Gasteiger partial charge in [-0.3, -0.25) is 4.84 Å². The maximum Gasteiger partial charge on any atom is 0.119 e. The van der Waals surface area contributed by atoms with Crippen LogP contribution in [0.15, 0.2) is 48.5 Å². The summed E-state index contributed by atoms with van der Waals surface area (Å²) in [5.74, 6) is 6.62. The molecule has 0 atom stereocenters. The zero-order valence-electron chi connectivity index (χ0n) is 12.7. The number of ether oxygens (including phenoxy) is 1. The zero-order chi connectivity index (χ0) is 15.1. The van der Waals surface area contributed by atoms with Crippen molar-refractivity contribution < 1.29 is 9.57 Å². The van der Waals surface area contributed by atoms with E-state index in [1.165, 1.54) is 5.56 Å². The van der Waals surface area contributed by atoms with E-state index in [2.05, 4.69) is 30.8 Å². The summed E-state index contributed by atoms with van der Waals surface area (Å²) in [5.41, 5.74) is 3.53. The average molecular weight is 285 g/mol. The predicted molar refractivity (Wildman–Crippen MR) is 84.7 cm³/mol. The van der Waals surface area contributed by atoms with Gasteiger partial charge >= 0.3 is 0 Å². The van der Waals surface area contributed by atoms with Gasteiger partial charge in [-0.2, -0.15) is 0 Å². The number of benzene rings is 2. The van der Waals surface area contributed by atoms with Gasteiger partial charge in [0.05, 0.1) is 6.61 Å². The van der Waals surface area contributed by atoms with Crippen LogP contribution in [0.5, 0.6) is 5.75 Å². The van der Waals surface area contributed by atoms with Crippen LogP contribution in [-0.2, 0) is 24.5 Å². The molecule has 2 N–H and O–H groups in total. The third kappa shape index (κ3) is 5.21. The van der Waals surface area contributed by atoms with E-state index in [1.807, 2.05) is 36.4 Å². The summed E-state index contributed by atoms with van der Waals surface area (Å²) in [7, 11) is 0. The van der Waals surface area contributed by atoms with E-state index in [1.54, 1.807) is 0 Å². The highest BCUT2D eigenvalue weighted by atomic mass is 16.6. The summed E-state index contributed by atoms with van der Waals surface area (Å²) >= 11 is 0. The maximum atomic E-state index is 5.80. The van der Waals surface area contributed by atoms with E-state index in [0.29, 0.717) is 19.1 Å². The highest BCUT2D eigenvalue weighted by molar-refractivity contribution is 5.28. The minimum Gasteiger partial charge on any atom is -0.489 e. The van der Waals surface area contributed by atoms with Gasteiger partial charge in [0.15, 0.2) is 0 Å². The summed E-state index contributed by atoms with van der Waals surface area (Å²) in [6, 6.07) is 16.4. The molecule has 112 valence electrons. The van der Waals surface area contributed by atoms with E-state index in [9.17, 15) is 0 Å². The molecule has 0 saturated heterocycles. The number of rotatable bonds is 7. The number of nitrogens with two attached hydrogens (primary N) is 1. The Morgan fingerprint density at radius 2 is 1.33 bits per heavy atom. The van der Waals surface area contributed by atoms with Crippen molar-refractivity contribution >= 4 is 0 Å². The molecule has 0 heterocycles. The quantitative estimate of drug-likeness (QED) is 0.786. The zero-order valence-corrected chi connectivity index (χ0v) is 12.7. The van der Waals surface area contributed by atoms with Gasteiger partial charge in [-0.15, -0.1) is 0 Å². The summed E-state index contributed by atoms with van der Waals surface area (Å²) in [6.45, 7) is 5.44. The van der Waals surface area contributed by atoms with Crippen molar-refractivity contribution in [2.24, 2.45) is 11.8 Å². The van der Waals surface area contributed by atoms with Crippen LogP contribution in [0.1, 0.15) is 30.5 Å². The summed E-state index contributed by atoms with van der Waals surface area (Å²) in [5, 5.41) is 0. The van der Waals surface area contributed by atoms with Gasteiger partial charge in [0.2, 0.25) is 0 Å². The minimum atomic E-state index is 0.429. The smallest absolute Gasteiger partial charge is 0.119 e. The van der Waals surface area contributed by atoms with Crippen molar-refractivity contribution in [3.63, 3.8) is 0 Å². The lowest BCUT2D eigenvalue weighted by Crippen LogP contribution is -2.00. The fraction of sp³-hybridized carbons (Fsp3) is 0.333. The second-order valence-electron chi connectivity index (χ2n) is 5.66. The van der Waals surface area contributed by atoms with E-state index in [0.717, 1.165) is 23.3 Å². The van der Waals surface area contributed by atoms with Crippen molar-refractivity contribution in [1.29, 1.82) is 0 Å². The van der Waals surface area contributed by atoms with Crippen LogP contribution in [-0.4, -0.2) is 0 Å². The van der Waals surface area contributed by atoms with Gasteiger partial charge in [0.1, 0.15) is 12.4 Å². The molecule has 0 fully saturated rings. The van der Waals surface area contributed by atoms with E-state index in [-0.39, 0.29) is 0 Å². The van der Waals surface area contributed by atoms with E-state index in [4.69, 9.17) is 10.6 Å². The molecular weight excluding hydrogens is 262 g/mol. The Kier molecular flexibility index (Phi) is 5.78. The lowest BCUT2D eigenvalue weighted by Gasteiger charge is -2.09. The largest absolute Gasteiger partial charge is 0.489 e. The Morgan fingerprint density at radius 3 is 1.86 bits per heavy atom. The second kappa shape index (κ2) is 7.81. The molecule has 2 aromatic carbocycles. The summed E-state index contributed by atoms with van der Waals surface area (Å²) in [6.07, 6.45) is 1.10. The Labute approximate surface area is 126 Å². The Balaban J connectivity index is 1.87. The van der Waals surface area contributed by atoms with Crippen LogP contribution in [0.2, 0.25) is 0 Å². The van der Waals surface area contributed by atoms with Crippen LogP contribution in [0, 0.1) is 5.92 Å². The SMILES string of the molecule is CC(C)Cc1ccc(OCc2ccc(CON)cc2)cc1. The van der Waals surface area contributed by atoms with Crippen molar-refractivity contribution in [2.45, 2.75) is 33.5 Å². The fourth-order valence-electron chi connectivity index (χ4n) is 2.19. The minimum absolute atomic E-state index is 0.429. The first-order valence-electron chi connectivity index (χ1n) is 7.28. The third-order valence-electron chi connectivity index (χ3n) is 3.25. The van der Waals surface area contributed by atoms with Crippen molar-refractivity contribution in [2.75, 3.05) is 0 Å². The van der Waals surface area contributed by atoms with Gasteiger partial charge in [0.25, 0.3) is 0 Å². The Bertz CT molecular complexity index is 532. The van der Waals surface area contributed by atoms with Gasteiger partial charge < -0.3 is 4.74 Å². The average Bonchev–Trinajstić information content (AvgIpc) is 2.48. The molecule has 0 radical (unpaired) electrons. The van der Waals surface area contributed by atoms with Crippen LogP contribution in [0.25, 0.3) is 0 Å². The maximum absolute atomic E-state index is 5.80. The molecule has 0 bridgehead atoms. The lowest BCUT2D eigenvalue weighted by molar-refractivity contribution is 0.124. The van der Waals surface area contributed by atoms with Crippen molar-refractivity contribution in [3.8, 4) is 5.75 Å². The number of hydrogen-bond acceptors (Lipinski definition) is 3. The monoisotopic (exact) mass is 285 g/mol. The standard InChI is InChI=1S/C18H23NO2/c1-14(2)11-15-7-9-18(10-8-15)20-12-16-3-5-17(6-4-16)13-21-19/h3-10,14H,11-13,19H2,1-2H3. The van der Waals surface area contributed by atoms with Crippen LogP contribution in [0.3, 0.4) is 0 Å². The Morgan fingerprint density at radius 1 is 0.810 bits per heavy atom. The molecule has 21 heavy (non-hydrogen) atoms. The number of hydrogen-bond donors (Lipinski definition) is 1. The molecule has 0 saturated carbocycles. The first-order valence-corrected chi connectivity index (χ1v) is 7.28. The lowest BCUT2D eigenvalue weighted by atomic mass is 10.0. The third-order valence-corrected chi connectivity index (χ3v) is 3.25. The molecule has 0 aliphatic rings. The van der Waals surface area contributed by atoms with Gasteiger partial charge in [0, 0.05) is 0 Å². The fourth-order valence-corrected chi connectivity index (χ4v) is 2.19. The molecule has 2 aromatic rings. The molecule has 0 aliphatic carbocycles. The van der Waals surface area contributed by atoms with Crippen LogP contribution in [0.4, 0.5) is 0 Å². The van der Waals surface area contributed by atoms with Gasteiger partial charge in [-0.1, -0.05) is 50.2 Å². The summed E-state index contributed by atoms with van der Waals surface area (Å²) in [4.78, 5) is 4.60. The first-order chi connectivity index (χ1) is 10.2. The second-order valence-corrected chi connectivity index (χ2v) is 5.66. The van der Waals surface area contributed by atoms with Crippen molar-refractivity contribution in [1.82, 2.24) is 0 Å². The van der Waals surface area contributed by atoms with E-state index >= 15 is 0 Å². The molecule has 0 unspecified atom stereocenters. The predicted octanol–water partition coefficient (Wildman–Crippen LogP) is 3.85. The van der Waals surface area contributed by atoms with Crippen LogP contribution < -0.4 is 10.6 Å². The molecule has 0 aromatic heterocycles. The summed E-state index contributed by atoms with van der Waals surface area (Å²) < 4.78 is 5.80. The molecule has 3 nitrogen and oxygen atoms in total. The highest BCUT2D eigenvalue weighted by Crippen LogP contribution is 2.16. The van der Waals surface area contributed by atoms with E-state index < -0.39 is 0 Å². The molecule has 0 aliphatic heterocycles. The van der Waals surface area contributed by atoms with Crippen LogP contribution >= 0.6 is 0 Å². The first kappa shape index (κ1) is 15.5.